The Balaban J connectivity index is 1.72. The van der Waals surface area contributed by atoms with Crippen molar-refractivity contribution >= 4 is 11.8 Å². The highest BCUT2D eigenvalue weighted by molar-refractivity contribution is 7.99. The summed E-state index contributed by atoms with van der Waals surface area (Å²) in [5.74, 6) is 3.75. The number of ether oxygens (including phenoxy) is 2. The van der Waals surface area contributed by atoms with Gasteiger partial charge in [0.15, 0.2) is 11.5 Å². The second-order valence-corrected chi connectivity index (χ2v) is 5.70. The first-order chi connectivity index (χ1) is 9.31. The molecule has 19 heavy (non-hydrogen) atoms. The van der Waals surface area contributed by atoms with Crippen LogP contribution in [0, 0.1) is 0 Å². The monoisotopic (exact) mass is 283 g/mol. The molecule has 2 N–H and O–H groups in total. The van der Waals surface area contributed by atoms with Crippen LogP contribution in [0.25, 0.3) is 0 Å². The van der Waals surface area contributed by atoms with Crippen LogP contribution in [0.15, 0.2) is 18.2 Å². The molecule has 1 heterocycles. The number of fused-ring (bicyclic) bond motifs is 1. The van der Waals surface area contributed by atoms with Gasteiger partial charge in [0, 0.05) is 24.9 Å². The summed E-state index contributed by atoms with van der Waals surface area (Å²) in [5, 5.41) is 12.2. The molecule has 1 aliphatic rings. The molecule has 1 aromatic carbocycles. The topological polar surface area (TPSA) is 50.7 Å². The summed E-state index contributed by atoms with van der Waals surface area (Å²) < 4.78 is 10.7. The van der Waals surface area contributed by atoms with Crippen molar-refractivity contribution in [1.29, 1.82) is 0 Å². The lowest BCUT2D eigenvalue weighted by Crippen LogP contribution is -2.21. The maximum Gasteiger partial charge on any atom is 0.231 e. The van der Waals surface area contributed by atoms with E-state index in [0.717, 1.165) is 36.0 Å². The van der Waals surface area contributed by atoms with E-state index in [4.69, 9.17) is 14.6 Å². The van der Waals surface area contributed by atoms with Crippen molar-refractivity contribution in [2.24, 2.45) is 0 Å². The minimum Gasteiger partial charge on any atom is -0.454 e. The third-order valence-electron chi connectivity index (χ3n) is 3.04. The summed E-state index contributed by atoms with van der Waals surface area (Å²) in [4.78, 5) is 0. The zero-order valence-electron chi connectivity index (χ0n) is 11.2. The Morgan fingerprint density at radius 1 is 1.32 bits per heavy atom. The summed E-state index contributed by atoms with van der Waals surface area (Å²) in [6.07, 6.45) is 0.877. The van der Waals surface area contributed by atoms with Crippen LogP contribution in [0.1, 0.15) is 24.9 Å². The number of nitrogens with one attached hydrogen (secondary N) is 1. The molecule has 0 bridgehead atoms. The lowest BCUT2D eigenvalue weighted by molar-refractivity contribution is 0.174. The Labute approximate surface area is 118 Å². The van der Waals surface area contributed by atoms with Gasteiger partial charge in [-0.05, 0) is 36.8 Å². The molecule has 0 saturated carbocycles. The number of aliphatic hydroxyl groups excluding tert-OH is 1. The van der Waals surface area contributed by atoms with Crippen LogP contribution < -0.4 is 14.8 Å². The van der Waals surface area contributed by atoms with Crippen LogP contribution in [-0.2, 0) is 0 Å². The number of hydrogen-bond acceptors (Lipinski definition) is 5. The molecule has 1 aromatic rings. The number of hydrogen-bond donors (Lipinski definition) is 2. The van der Waals surface area contributed by atoms with Gasteiger partial charge in [-0.3, -0.25) is 0 Å². The maximum atomic E-state index is 8.69. The van der Waals surface area contributed by atoms with Crippen molar-refractivity contribution in [2.45, 2.75) is 19.4 Å². The third-order valence-corrected chi connectivity index (χ3v) is 4.11. The van der Waals surface area contributed by atoms with Crippen LogP contribution in [0.5, 0.6) is 11.5 Å². The van der Waals surface area contributed by atoms with Gasteiger partial charge in [0.25, 0.3) is 0 Å². The van der Waals surface area contributed by atoms with Gasteiger partial charge in [-0.15, -0.1) is 0 Å². The first-order valence-corrected chi connectivity index (χ1v) is 7.78. The average molecular weight is 283 g/mol. The molecule has 0 spiro atoms. The van der Waals surface area contributed by atoms with E-state index >= 15 is 0 Å². The minimum absolute atomic E-state index is 0.286. The molecule has 0 aliphatic carbocycles. The Morgan fingerprint density at radius 2 is 2.16 bits per heavy atom. The molecule has 2 rings (SSSR count). The van der Waals surface area contributed by atoms with Crippen LogP contribution in [0.2, 0.25) is 0 Å². The second kappa shape index (κ2) is 7.62. The van der Waals surface area contributed by atoms with E-state index in [1.807, 2.05) is 23.9 Å². The summed E-state index contributed by atoms with van der Waals surface area (Å²) in [7, 11) is 0. The van der Waals surface area contributed by atoms with Gasteiger partial charge in [0.1, 0.15) is 0 Å². The third kappa shape index (κ3) is 4.30. The number of thioether (sulfide) groups is 1. The number of rotatable bonds is 8. The summed E-state index contributed by atoms with van der Waals surface area (Å²) in [6.45, 7) is 3.72. The van der Waals surface area contributed by atoms with Crippen LogP contribution >= 0.6 is 11.8 Å². The second-order valence-electron chi connectivity index (χ2n) is 4.48. The van der Waals surface area contributed by atoms with Gasteiger partial charge < -0.3 is 19.9 Å². The Hall–Kier alpha value is -0.910. The van der Waals surface area contributed by atoms with Crippen LogP contribution in [-0.4, -0.2) is 36.6 Å². The van der Waals surface area contributed by atoms with Crippen molar-refractivity contribution in [1.82, 2.24) is 5.32 Å². The van der Waals surface area contributed by atoms with E-state index in [1.165, 1.54) is 5.56 Å². The molecule has 0 aromatic heterocycles. The van der Waals surface area contributed by atoms with Crippen LogP contribution in [0.3, 0.4) is 0 Å². The van der Waals surface area contributed by atoms with Gasteiger partial charge in [-0.25, -0.2) is 0 Å². The van der Waals surface area contributed by atoms with Crippen LogP contribution in [0.4, 0.5) is 0 Å². The molecule has 0 radical (unpaired) electrons. The number of benzene rings is 1. The highest BCUT2D eigenvalue weighted by atomic mass is 32.2. The highest BCUT2D eigenvalue weighted by Gasteiger charge is 2.15. The fraction of sp³-hybridized carbons (Fsp3) is 0.571. The largest absolute Gasteiger partial charge is 0.454 e. The molecule has 0 amide bonds. The first-order valence-electron chi connectivity index (χ1n) is 6.63. The van der Waals surface area contributed by atoms with Gasteiger partial charge in [-0.2, -0.15) is 11.8 Å². The molecular formula is C14H21NO3S. The Morgan fingerprint density at radius 3 is 3.00 bits per heavy atom. The predicted molar refractivity (Wildman–Crippen MR) is 78.0 cm³/mol. The van der Waals surface area contributed by atoms with Gasteiger partial charge in [-0.1, -0.05) is 6.07 Å². The lowest BCUT2D eigenvalue weighted by atomic mass is 10.1. The van der Waals surface area contributed by atoms with Crippen molar-refractivity contribution < 1.29 is 14.6 Å². The standard InChI is InChI=1S/C14H21NO3S/c1-11(15-5-8-19-7-2-6-16)12-3-4-13-14(9-12)18-10-17-13/h3-4,9,11,15-16H,2,5-8,10H2,1H3. The first kappa shape index (κ1) is 14.5. The highest BCUT2D eigenvalue weighted by Crippen LogP contribution is 2.34. The quantitative estimate of drug-likeness (QED) is 0.716. The zero-order chi connectivity index (χ0) is 13.5. The van der Waals surface area contributed by atoms with Gasteiger partial charge in [0.05, 0.1) is 0 Å². The molecule has 0 fully saturated rings. The molecule has 0 saturated heterocycles. The van der Waals surface area contributed by atoms with Crippen molar-refractivity contribution in [3.8, 4) is 11.5 Å². The van der Waals surface area contributed by atoms with E-state index in [-0.39, 0.29) is 6.61 Å². The number of aliphatic hydroxyl groups is 1. The van der Waals surface area contributed by atoms with E-state index in [1.54, 1.807) is 0 Å². The Kier molecular flexibility index (Phi) is 5.82. The van der Waals surface area contributed by atoms with E-state index in [9.17, 15) is 0 Å². The summed E-state index contributed by atoms with van der Waals surface area (Å²) in [6, 6.07) is 6.38. The fourth-order valence-electron chi connectivity index (χ4n) is 1.92. The molecule has 5 heteroatoms. The smallest absolute Gasteiger partial charge is 0.231 e. The lowest BCUT2D eigenvalue weighted by Gasteiger charge is -2.14. The SMILES string of the molecule is CC(NCCSCCCO)c1ccc2c(c1)OCO2. The minimum atomic E-state index is 0.286. The fourth-order valence-corrected chi connectivity index (χ4v) is 2.72. The molecule has 1 aliphatic heterocycles. The maximum absolute atomic E-state index is 8.69. The van der Waals surface area contributed by atoms with Crippen molar-refractivity contribution in [2.75, 3.05) is 31.5 Å². The van der Waals surface area contributed by atoms with Gasteiger partial charge in [0.2, 0.25) is 6.79 Å². The molecule has 1 unspecified atom stereocenters. The normalized spacial score (nSPS) is 14.6. The predicted octanol–water partition coefficient (Wildman–Crippen LogP) is 2.18. The Bertz CT molecular complexity index is 400. The molecule has 4 nitrogen and oxygen atoms in total. The van der Waals surface area contributed by atoms with E-state index in [2.05, 4.69) is 18.3 Å². The molecule has 1 atom stereocenters. The molecule has 106 valence electrons. The van der Waals surface area contributed by atoms with E-state index in [0.29, 0.717) is 12.8 Å². The zero-order valence-corrected chi connectivity index (χ0v) is 12.0. The summed E-state index contributed by atoms with van der Waals surface area (Å²) in [5.41, 5.74) is 1.21. The summed E-state index contributed by atoms with van der Waals surface area (Å²) >= 11 is 1.87. The van der Waals surface area contributed by atoms with Gasteiger partial charge >= 0.3 is 0 Å². The molecular weight excluding hydrogens is 262 g/mol. The van der Waals surface area contributed by atoms with Crippen molar-refractivity contribution in [3.63, 3.8) is 0 Å². The average Bonchev–Trinajstić information content (AvgIpc) is 2.89. The van der Waals surface area contributed by atoms with Crippen molar-refractivity contribution in [3.05, 3.63) is 23.8 Å². The van der Waals surface area contributed by atoms with E-state index < -0.39 is 0 Å².